The maximum Gasteiger partial charge on any atom is 0.0335 e. The third kappa shape index (κ3) is 2.74. The second-order valence-electron chi connectivity index (χ2n) is 4.27. The fraction of sp³-hybridized carbons (Fsp3) is 0.500. The minimum absolute atomic E-state index is 0.476. The van der Waals surface area contributed by atoms with Crippen LogP contribution in [0.3, 0.4) is 0 Å². The number of allylic oxidation sites excluding steroid dienone is 1. The molecule has 2 nitrogen and oxygen atoms in total. The molecule has 0 atom stereocenters. The Morgan fingerprint density at radius 3 is 2.50 bits per heavy atom. The van der Waals surface area contributed by atoms with Crippen LogP contribution in [0, 0.1) is 0 Å². The van der Waals surface area contributed by atoms with Gasteiger partial charge in [0.25, 0.3) is 0 Å². The van der Waals surface area contributed by atoms with Crippen LogP contribution in [-0.2, 0) is 0 Å². The molecule has 1 aliphatic rings. The van der Waals surface area contributed by atoms with Gasteiger partial charge in [0.1, 0.15) is 0 Å². The highest BCUT2D eigenvalue weighted by molar-refractivity contribution is 5.33. The molecule has 0 saturated heterocycles. The summed E-state index contributed by atoms with van der Waals surface area (Å²) in [4.78, 5) is 4.38. The molecule has 0 aromatic carbocycles. The van der Waals surface area contributed by atoms with E-state index >= 15 is 0 Å². The Balaban J connectivity index is 2.74. The van der Waals surface area contributed by atoms with Gasteiger partial charge in [-0.25, -0.2) is 0 Å². The van der Waals surface area contributed by atoms with Crippen LogP contribution >= 0.6 is 0 Å². The third-order valence-electron chi connectivity index (χ3n) is 2.18. The summed E-state index contributed by atoms with van der Waals surface area (Å²) < 4.78 is 0. The molecule has 78 valence electrons. The predicted octanol–water partition coefficient (Wildman–Crippen LogP) is 2.23. The molecule has 0 radical (unpaired) electrons. The largest absolute Gasteiger partial charge is 0.346 e. The minimum atomic E-state index is 0.476. The van der Waals surface area contributed by atoms with E-state index < -0.39 is 0 Å². The summed E-state index contributed by atoms with van der Waals surface area (Å²) in [5.41, 5.74) is 2.40. The maximum atomic E-state index is 4.01. The molecule has 1 heterocycles. The fourth-order valence-electron chi connectivity index (χ4n) is 1.53. The van der Waals surface area contributed by atoms with Gasteiger partial charge in [0.2, 0.25) is 0 Å². The molecule has 0 aromatic rings. The van der Waals surface area contributed by atoms with Crippen molar-refractivity contribution in [3.8, 4) is 0 Å². The van der Waals surface area contributed by atoms with Crippen molar-refractivity contribution in [2.75, 3.05) is 20.6 Å². The van der Waals surface area contributed by atoms with E-state index in [1.807, 2.05) is 0 Å². The van der Waals surface area contributed by atoms with Gasteiger partial charge in [-0.05, 0) is 39.6 Å². The van der Waals surface area contributed by atoms with Crippen molar-refractivity contribution in [3.05, 3.63) is 36.2 Å². The van der Waals surface area contributed by atoms with Crippen LogP contribution in [0.25, 0.3) is 0 Å². The number of nitrogens with zero attached hydrogens (tertiary/aromatic N) is 2. The Bertz CT molecular complexity index is 272. The van der Waals surface area contributed by atoms with E-state index in [1.54, 1.807) is 0 Å². The van der Waals surface area contributed by atoms with Crippen LogP contribution in [-0.4, -0.2) is 36.5 Å². The topological polar surface area (TPSA) is 6.48 Å². The molecular formula is C12H20N2. The first-order chi connectivity index (χ1) is 6.50. The molecule has 14 heavy (non-hydrogen) atoms. The van der Waals surface area contributed by atoms with Gasteiger partial charge < -0.3 is 9.80 Å². The molecule has 2 heteroatoms. The van der Waals surface area contributed by atoms with E-state index in [2.05, 4.69) is 62.7 Å². The lowest BCUT2D eigenvalue weighted by atomic mass is 10.1. The zero-order valence-corrected chi connectivity index (χ0v) is 9.62. The van der Waals surface area contributed by atoms with Crippen molar-refractivity contribution >= 4 is 0 Å². The molecule has 1 aliphatic heterocycles. The molecule has 0 unspecified atom stereocenters. The summed E-state index contributed by atoms with van der Waals surface area (Å²) >= 11 is 0. The van der Waals surface area contributed by atoms with Gasteiger partial charge in [0, 0.05) is 24.5 Å². The van der Waals surface area contributed by atoms with Gasteiger partial charge in [0.05, 0.1) is 0 Å². The summed E-state index contributed by atoms with van der Waals surface area (Å²) in [5.74, 6) is 0. The third-order valence-corrected chi connectivity index (χ3v) is 2.18. The van der Waals surface area contributed by atoms with Crippen LogP contribution < -0.4 is 0 Å². The highest BCUT2D eigenvalue weighted by atomic mass is 15.1. The fourth-order valence-corrected chi connectivity index (χ4v) is 1.53. The lowest BCUT2D eigenvalue weighted by Gasteiger charge is -2.29. The quantitative estimate of drug-likeness (QED) is 0.676. The first-order valence-corrected chi connectivity index (χ1v) is 5.01. The van der Waals surface area contributed by atoms with Crippen LogP contribution in [0.5, 0.6) is 0 Å². The summed E-state index contributed by atoms with van der Waals surface area (Å²) in [5, 5.41) is 0. The molecule has 1 rings (SSSR count). The summed E-state index contributed by atoms with van der Waals surface area (Å²) in [6.45, 7) is 9.34. The van der Waals surface area contributed by atoms with Crippen molar-refractivity contribution in [1.29, 1.82) is 0 Å². The molecule has 0 aliphatic carbocycles. The van der Waals surface area contributed by atoms with E-state index in [-0.39, 0.29) is 0 Å². The van der Waals surface area contributed by atoms with Crippen molar-refractivity contribution < 1.29 is 0 Å². The molecule has 0 aromatic heterocycles. The Kier molecular flexibility index (Phi) is 3.53. The molecule has 0 fully saturated rings. The molecular weight excluding hydrogens is 172 g/mol. The predicted molar refractivity (Wildman–Crippen MR) is 61.9 cm³/mol. The summed E-state index contributed by atoms with van der Waals surface area (Å²) in [6.07, 6.45) is 6.41. The molecule has 0 amide bonds. The van der Waals surface area contributed by atoms with Gasteiger partial charge in [-0.2, -0.15) is 0 Å². The van der Waals surface area contributed by atoms with Crippen LogP contribution in [0.2, 0.25) is 0 Å². The Morgan fingerprint density at radius 2 is 2.00 bits per heavy atom. The zero-order valence-electron chi connectivity index (χ0n) is 9.62. The Labute approximate surface area is 87.2 Å². The van der Waals surface area contributed by atoms with E-state index in [9.17, 15) is 0 Å². The first kappa shape index (κ1) is 11.1. The zero-order chi connectivity index (χ0) is 10.7. The van der Waals surface area contributed by atoms with Gasteiger partial charge in [-0.3, -0.25) is 0 Å². The standard InChI is InChI=1S/C12H20N2/c1-10(2)14-9-12(8-13(4)5)7-6-11(14)3/h6-7,9-10H,3,8H2,1-2,4-5H3. The van der Waals surface area contributed by atoms with E-state index in [1.165, 1.54) is 5.57 Å². The van der Waals surface area contributed by atoms with E-state index in [0.717, 1.165) is 12.2 Å². The minimum Gasteiger partial charge on any atom is -0.346 e. The second-order valence-corrected chi connectivity index (χ2v) is 4.27. The number of likely N-dealkylation sites (N-methyl/N-ethyl adjacent to an activating group) is 1. The first-order valence-electron chi connectivity index (χ1n) is 5.01. The number of hydrogen-bond acceptors (Lipinski definition) is 2. The molecule has 0 saturated carbocycles. The molecule has 0 spiro atoms. The van der Waals surface area contributed by atoms with Crippen molar-refractivity contribution in [1.82, 2.24) is 9.80 Å². The van der Waals surface area contributed by atoms with Crippen LogP contribution in [0.15, 0.2) is 36.2 Å². The van der Waals surface area contributed by atoms with Gasteiger partial charge in [0.15, 0.2) is 0 Å². The summed E-state index contributed by atoms with van der Waals surface area (Å²) in [7, 11) is 4.16. The van der Waals surface area contributed by atoms with Crippen molar-refractivity contribution in [2.24, 2.45) is 0 Å². The number of hydrogen-bond donors (Lipinski definition) is 0. The monoisotopic (exact) mass is 192 g/mol. The van der Waals surface area contributed by atoms with Crippen molar-refractivity contribution in [2.45, 2.75) is 19.9 Å². The smallest absolute Gasteiger partial charge is 0.0335 e. The SMILES string of the molecule is C=C1C=CC(CN(C)C)=CN1C(C)C. The molecule has 0 N–H and O–H groups in total. The van der Waals surface area contributed by atoms with Gasteiger partial charge >= 0.3 is 0 Å². The Morgan fingerprint density at radius 1 is 1.36 bits per heavy atom. The van der Waals surface area contributed by atoms with Gasteiger partial charge in [-0.1, -0.05) is 12.7 Å². The lowest BCUT2D eigenvalue weighted by Crippen LogP contribution is -2.27. The average molecular weight is 192 g/mol. The maximum absolute atomic E-state index is 4.01. The van der Waals surface area contributed by atoms with Gasteiger partial charge in [-0.15, -0.1) is 0 Å². The van der Waals surface area contributed by atoms with Crippen molar-refractivity contribution in [3.63, 3.8) is 0 Å². The highest BCUT2D eigenvalue weighted by Crippen LogP contribution is 2.18. The molecule has 0 bridgehead atoms. The normalized spacial score (nSPS) is 16.9. The van der Waals surface area contributed by atoms with Crippen LogP contribution in [0.4, 0.5) is 0 Å². The summed E-state index contributed by atoms with van der Waals surface area (Å²) in [6, 6.07) is 0.476. The number of rotatable bonds is 3. The van der Waals surface area contributed by atoms with E-state index in [4.69, 9.17) is 0 Å². The average Bonchev–Trinajstić information content (AvgIpc) is 2.07. The Hall–Kier alpha value is -1.02. The lowest BCUT2D eigenvalue weighted by molar-refractivity contribution is 0.382. The van der Waals surface area contributed by atoms with E-state index in [0.29, 0.717) is 6.04 Å². The second kappa shape index (κ2) is 4.47. The highest BCUT2D eigenvalue weighted by Gasteiger charge is 2.11. The van der Waals surface area contributed by atoms with Crippen LogP contribution in [0.1, 0.15) is 13.8 Å².